The van der Waals surface area contributed by atoms with Crippen LogP contribution in [0, 0.1) is 5.92 Å². The van der Waals surface area contributed by atoms with Crippen LogP contribution in [0.3, 0.4) is 0 Å². The molecule has 1 aliphatic carbocycles. The number of rotatable bonds is 3. The average Bonchev–Trinajstić information content (AvgIpc) is 2.90. The van der Waals surface area contributed by atoms with Crippen LogP contribution in [0.5, 0.6) is 5.75 Å². The van der Waals surface area contributed by atoms with Gasteiger partial charge in [0.15, 0.2) is 0 Å². The van der Waals surface area contributed by atoms with E-state index in [2.05, 4.69) is 10.3 Å². The molecule has 100 valence electrons. The zero-order valence-corrected chi connectivity index (χ0v) is 11.0. The molecule has 0 spiro atoms. The maximum atomic E-state index is 5.74. The molecule has 2 N–H and O–H groups in total. The molecule has 1 atom stereocenters. The molecule has 2 aromatic rings. The highest BCUT2D eigenvalue weighted by atomic mass is 16.5. The van der Waals surface area contributed by atoms with Gasteiger partial charge in [-0.25, -0.2) is 4.68 Å². The highest BCUT2D eigenvalue weighted by Crippen LogP contribution is 2.25. The predicted octanol–water partition coefficient (Wildman–Crippen LogP) is 1.34. The molecule has 1 aromatic carbocycles. The van der Waals surface area contributed by atoms with E-state index >= 15 is 0 Å². The molecule has 5 nitrogen and oxygen atoms in total. The van der Waals surface area contributed by atoms with Gasteiger partial charge in [-0.15, -0.1) is 5.10 Å². The van der Waals surface area contributed by atoms with Crippen molar-refractivity contribution in [3.05, 3.63) is 35.7 Å². The van der Waals surface area contributed by atoms with Crippen LogP contribution in [0.25, 0.3) is 5.69 Å². The smallest absolute Gasteiger partial charge is 0.119 e. The number of nitrogens with zero attached hydrogens (tertiary/aromatic N) is 3. The van der Waals surface area contributed by atoms with Crippen molar-refractivity contribution in [1.82, 2.24) is 15.0 Å². The first kappa shape index (κ1) is 12.2. The molecular formula is C14H18N4O. The summed E-state index contributed by atoms with van der Waals surface area (Å²) in [4.78, 5) is 0. The molecule has 1 heterocycles. The summed E-state index contributed by atoms with van der Waals surface area (Å²) in [7, 11) is 1.67. The summed E-state index contributed by atoms with van der Waals surface area (Å²) in [5.41, 5.74) is 9.08. The number of hydrogen-bond acceptors (Lipinski definition) is 4. The van der Waals surface area contributed by atoms with E-state index in [9.17, 15) is 0 Å². The van der Waals surface area contributed by atoms with Crippen LogP contribution in [0.4, 0.5) is 0 Å². The van der Waals surface area contributed by atoms with Crippen LogP contribution >= 0.6 is 0 Å². The SMILES string of the molecule is COc1ccc(-n2nnc3c2CCC(CN)C3)cc1. The van der Waals surface area contributed by atoms with E-state index < -0.39 is 0 Å². The molecule has 0 aliphatic heterocycles. The van der Waals surface area contributed by atoms with Gasteiger partial charge in [-0.2, -0.15) is 0 Å². The lowest BCUT2D eigenvalue weighted by Crippen LogP contribution is -2.23. The zero-order chi connectivity index (χ0) is 13.2. The third-order valence-electron chi connectivity index (χ3n) is 3.77. The fourth-order valence-electron chi connectivity index (χ4n) is 2.59. The molecule has 0 saturated heterocycles. The Labute approximate surface area is 112 Å². The van der Waals surface area contributed by atoms with Gasteiger partial charge in [-0.1, -0.05) is 5.21 Å². The first-order chi connectivity index (χ1) is 9.31. The van der Waals surface area contributed by atoms with Gasteiger partial charge in [0.2, 0.25) is 0 Å². The maximum Gasteiger partial charge on any atom is 0.119 e. The van der Waals surface area contributed by atoms with Crippen molar-refractivity contribution in [3.8, 4) is 11.4 Å². The van der Waals surface area contributed by atoms with E-state index in [-0.39, 0.29) is 0 Å². The zero-order valence-electron chi connectivity index (χ0n) is 11.0. The van der Waals surface area contributed by atoms with Crippen LogP contribution in [0.2, 0.25) is 0 Å². The number of fused-ring (bicyclic) bond motifs is 1. The Morgan fingerprint density at radius 1 is 1.37 bits per heavy atom. The first-order valence-electron chi connectivity index (χ1n) is 6.59. The van der Waals surface area contributed by atoms with Crippen molar-refractivity contribution < 1.29 is 4.74 Å². The molecule has 0 fully saturated rings. The predicted molar refractivity (Wildman–Crippen MR) is 72.5 cm³/mol. The van der Waals surface area contributed by atoms with Gasteiger partial charge < -0.3 is 10.5 Å². The van der Waals surface area contributed by atoms with E-state index in [0.29, 0.717) is 5.92 Å². The summed E-state index contributed by atoms with van der Waals surface area (Å²) in [6, 6.07) is 7.88. The van der Waals surface area contributed by atoms with Gasteiger partial charge in [-0.3, -0.25) is 0 Å². The minimum atomic E-state index is 0.550. The maximum absolute atomic E-state index is 5.74. The lowest BCUT2D eigenvalue weighted by Gasteiger charge is -2.20. The van der Waals surface area contributed by atoms with Gasteiger partial charge in [0.05, 0.1) is 24.2 Å². The molecule has 0 saturated carbocycles. The summed E-state index contributed by atoms with van der Waals surface area (Å²) in [6.07, 6.45) is 3.06. The molecule has 0 radical (unpaired) electrons. The van der Waals surface area contributed by atoms with Crippen molar-refractivity contribution in [3.63, 3.8) is 0 Å². The monoisotopic (exact) mass is 258 g/mol. The fourth-order valence-corrected chi connectivity index (χ4v) is 2.59. The Kier molecular flexibility index (Phi) is 3.21. The van der Waals surface area contributed by atoms with Gasteiger partial charge in [0.1, 0.15) is 5.75 Å². The van der Waals surface area contributed by atoms with Gasteiger partial charge >= 0.3 is 0 Å². The second-order valence-electron chi connectivity index (χ2n) is 4.94. The Balaban J connectivity index is 1.92. The van der Waals surface area contributed by atoms with Crippen molar-refractivity contribution in [2.24, 2.45) is 11.7 Å². The van der Waals surface area contributed by atoms with E-state index in [1.807, 2.05) is 28.9 Å². The third-order valence-corrected chi connectivity index (χ3v) is 3.77. The number of hydrogen-bond donors (Lipinski definition) is 1. The highest BCUT2D eigenvalue weighted by Gasteiger charge is 2.23. The standard InChI is InChI=1S/C14H18N4O/c1-19-12-5-3-11(4-6-12)18-14-7-2-10(9-15)8-13(14)16-17-18/h3-6,10H,2,7-9,15H2,1H3. The number of ether oxygens (including phenoxy) is 1. The summed E-state index contributed by atoms with van der Waals surface area (Å²) >= 11 is 0. The number of methoxy groups -OCH3 is 1. The average molecular weight is 258 g/mol. The van der Waals surface area contributed by atoms with E-state index in [0.717, 1.165) is 42.9 Å². The van der Waals surface area contributed by atoms with Gasteiger partial charge in [0, 0.05) is 0 Å². The number of aromatic nitrogens is 3. The van der Waals surface area contributed by atoms with Crippen LogP contribution in [0.1, 0.15) is 17.8 Å². The quantitative estimate of drug-likeness (QED) is 0.902. The van der Waals surface area contributed by atoms with Crippen LogP contribution in [0.15, 0.2) is 24.3 Å². The lowest BCUT2D eigenvalue weighted by molar-refractivity contribution is 0.414. The second kappa shape index (κ2) is 5.01. The minimum Gasteiger partial charge on any atom is -0.497 e. The van der Waals surface area contributed by atoms with E-state index in [1.54, 1.807) is 7.11 Å². The first-order valence-corrected chi connectivity index (χ1v) is 6.59. The van der Waals surface area contributed by atoms with Crippen molar-refractivity contribution in [1.29, 1.82) is 0 Å². The largest absolute Gasteiger partial charge is 0.497 e. The van der Waals surface area contributed by atoms with Crippen molar-refractivity contribution >= 4 is 0 Å². The summed E-state index contributed by atoms with van der Waals surface area (Å²) in [6.45, 7) is 0.731. The molecule has 1 unspecified atom stereocenters. The number of nitrogens with two attached hydrogens (primary N) is 1. The fraction of sp³-hybridized carbons (Fsp3) is 0.429. The Hall–Kier alpha value is -1.88. The topological polar surface area (TPSA) is 66.0 Å². The van der Waals surface area contributed by atoms with Gasteiger partial charge in [-0.05, 0) is 56.0 Å². The summed E-state index contributed by atoms with van der Waals surface area (Å²) in [5, 5.41) is 8.58. The second-order valence-corrected chi connectivity index (χ2v) is 4.94. The molecule has 5 heteroatoms. The Morgan fingerprint density at radius 3 is 2.84 bits per heavy atom. The molecule has 1 aliphatic rings. The van der Waals surface area contributed by atoms with E-state index in [1.165, 1.54) is 5.69 Å². The Bertz CT molecular complexity index is 561. The van der Waals surface area contributed by atoms with Crippen LogP contribution in [-0.2, 0) is 12.8 Å². The lowest BCUT2D eigenvalue weighted by atomic mass is 9.90. The third kappa shape index (κ3) is 2.21. The molecule has 1 aromatic heterocycles. The Morgan fingerprint density at radius 2 is 2.16 bits per heavy atom. The summed E-state index contributed by atoms with van der Waals surface area (Å²) in [5.74, 6) is 1.40. The minimum absolute atomic E-state index is 0.550. The normalized spacial score (nSPS) is 18.1. The van der Waals surface area contributed by atoms with Crippen molar-refractivity contribution in [2.75, 3.05) is 13.7 Å². The van der Waals surface area contributed by atoms with Crippen molar-refractivity contribution in [2.45, 2.75) is 19.3 Å². The highest BCUT2D eigenvalue weighted by molar-refractivity contribution is 5.38. The molecule has 19 heavy (non-hydrogen) atoms. The van der Waals surface area contributed by atoms with Gasteiger partial charge in [0.25, 0.3) is 0 Å². The summed E-state index contributed by atoms with van der Waals surface area (Å²) < 4.78 is 7.10. The van der Waals surface area contributed by atoms with Crippen LogP contribution in [-0.4, -0.2) is 28.6 Å². The molecule has 3 rings (SSSR count). The van der Waals surface area contributed by atoms with Crippen LogP contribution < -0.4 is 10.5 Å². The molecular weight excluding hydrogens is 240 g/mol. The number of benzene rings is 1. The molecule has 0 amide bonds. The van der Waals surface area contributed by atoms with E-state index in [4.69, 9.17) is 10.5 Å². The molecule has 0 bridgehead atoms.